The summed E-state index contributed by atoms with van der Waals surface area (Å²) in [5, 5.41) is 3.53. The number of ether oxygens (including phenoxy) is 1. The van der Waals surface area contributed by atoms with Crippen molar-refractivity contribution in [3.8, 4) is 0 Å². The van der Waals surface area contributed by atoms with E-state index in [2.05, 4.69) is 46.7 Å². The molecule has 0 spiro atoms. The minimum atomic E-state index is 0.386. The molecule has 1 aliphatic heterocycles. The van der Waals surface area contributed by atoms with Crippen LogP contribution in [0.15, 0.2) is 6.20 Å². The number of hydrogen-bond donors (Lipinski definition) is 1. The summed E-state index contributed by atoms with van der Waals surface area (Å²) in [6, 6.07) is 0.816. The Morgan fingerprint density at radius 1 is 1.32 bits per heavy atom. The van der Waals surface area contributed by atoms with Crippen molar-refractivity contribution in [2.24, 2.45) is 0 Å². The normalized spacial score (nSPS) is 18.8. The van der Waals surface area contributed by atoms with Crippen molar-refractivity contribution in [2.75, 3.05) is 38.2 Å². The molecule has 5 heteroatoms. The molecule has 1 aromatic heterocycles. The SMILES string of the molecule is Cc1cn(C(C)C)c(NC(C)CN2CCOCC2)n1. The predicted molar refractivity (Wildman–Crippen MR) is 77.7 cm³/mol. The first-order chi connectivity index (χ1) is 9.06. The summed E-state index contributed by atoms with van der Waals surface area (Å²) in [5.41, 5.74) is 1.06. The highest BCUT2D eigenvalue weighted by Crippen LogP contribution is 2.16. The Labute approximate surface area is 116 Å². The molecule has 19 heavy (non-hydrogen) atoms. The van der Waals surface area contributed by atoms with Crippen LogP contribution in [0.2, 0.25) is 0 Å². The maximum absolute atomic E-state index is 5.37. The smallest absolute Gasteiger partial charge is 0.203 e. The van der Waals surface area contributed by atoms with Crippen LogP contribution in [-0.2, 0) is 4.74 Å². The summed E-state index contributed by atoms with van der Waals surface area (Å²) in [5.74, 6) is 0.980. The molecule has 1 aromatic rings. The molecule has 0 bridgehead atoms. The second kappa shape index (κ2) is 6.39. The number of rotatable bonds is 5. The minimum Gasteiger partial charge on any atom is -0.379 e. The van der Waals surface area contributed by atoms with E-state index >= 15 is 0 Å². The van der Waals surface area contributed by atoms with Gasteiger partial charge in [0, 0.05) is 37.9 Å². The third-order valence-corrected chi connectivity index (χ3v) is 3.42. The molecule has 0 saturated carbocycles. The highest BCUT2D eigenvalue weighted by molar-refractivity contribution is 5.30. The van der Waals surface area contributed by atoms with Gasteiger partial charge >= 0.3 is 0 Å². The Morgan fingerprint density at radius 2 is 2.00 bits per heavy atom. The van der Waals surface area contributed by atoms with Gasteiger partial charge in [-0.1, -0.05) is 0 Å². The lowest BCUT2D eigenvalue weighted by atomic mass is 10.3. The number of aryl methyl sites for hydroxylation is 1. The maximum atomic E-state index is 5.37. The summed E-state index contributed by atoms with van der Waals surface area (Å²) in [6.07, 6.45) is 2.11. The van der Waals surface area contributed by atoms with Crippen LogP contribution in [0.25, 0.3) is 0 Å². The first-order valence-electron chi connectivity index (χ1n) is 7.18. The Morgan fingerprint density at radius 3 is 2.63 bits per heavy atom. The third kappa shape index (κ3) is 3.94. The van der Waals surface area contributed by atoms with Crippen LogP contribution >= 0.6 is 0 Å². The largest absolute Gasteiger partial charge is 0.379 e. The number of morpholine rings is 1. The first kappa shape index (κ1) is 14.3. The van der Waals surface area contributed by atoms with E-state index in [1.807, 2.05) is 6.92 Å². The second-order valence-corrected chi connectivity index (χ2v) is 5.67. The monoisotopic (exact) mass is 266 g/mol. The molecular formula is C14H26N4O. The fraction of sp³-hybridized carbons (Fsp3) is 0.786. The molecule has 0 amide bonds. The van der Waals surface area contributed by atoms with E-state index in [0.29, 0.717) is 12.1 Å². The lowest BCUT2D eigenvalue weighted by Gasteiger charge is -2.29. The number of nitrogens with one attached hydrogen (secondary N) is 1. The van der Waals surface area contributed by atoms with E-state index in [0.717, 1.165) is 44.5 Å². The summed E-state index contributed by atoms with van der Waals surface area (Å²) in [4.78, 5) is 7.01. The summed E-state index contributed by atoms with van der Waals surface area (Å²) >= 11 is 0. The standard InChI is InChI=1S/C14H26N4O/c1-11(2)18-10-13(4)16-14(18)15-12(3)9-17-5-7-19-8-6-17/h10-12H,5-9H2,1-4H3,(H,15,16). The van der Waals surface area contributed by atoms with Crippen LogP contribution in [0.3, 0.4) is 0 Å². The van der Waals surface area contributed by atoms with Crippen LogP contribution in [0, 0.1) is 6.92 Å². The van der Waals surface area contributed by atoms with Gasteiger partial charge in [-0.05, 0) is 27.7 Å². The van der Waals surface area contributed by atoms with Gasteiger partial charge in [-0.2, -0.15) is 0 Å². The number of hydrogen-bond acceptors (Lipinski definition) is 4. The van der Waals surface area contributed by atoms with Crippen molar-refractivity contribution in [1.82, 2.24) is 14.5 Å². The fourth-order valence-corrected chi connectivity index (χ4v) is 2.45. The van der Waals surface area contributed by atoms with Crippen LogP contribution in [-0.4, -0.2) is 53.3 Å². The lowest BCUT2D eigenvalue weighted by molar-refractivity contribution is 0.0367. The van der Waals surface area contributed by atoms with Crippen molar-refractivity contribution in [3.05, 3.63) is 11.9 Å². The summed E-state index contributed by atoms with van der Waals surface area (Å²) in [6.45, 7) is 13.4. The molecule has 0 aromatic carbocycles. The Kier molecular flexibility index (Phi) is 4.82. The first-order valence-corrected chi connectivity index (χ1v) is 7.18. The Hall–Kier alpha value is -1.07. The van der Waals surface area contributed by atoms with Crippen molar-refractivity contribution in [3.63, 3.8) is 0 Å². The van der Waals surface area contributed by atoms with E-state index in [1.54, 1.807) is 0 Å². The van der Waals surface area contributed by atoms with E-state index in [9.17, 15) is 0 Å². The van der Waals surface area contributed by atoms with Crippen molar-refractivity contribution in [1.29, 1.82) is 0 Å². The van der Waals surface area contributed by atoms with Gasteiger partial charge < -0.3 is 14.6 Å². The molecular weight excluding hydrogens is 240 g/mol. The zero-order valence-electron chi connectivity index (χ0n) is 12.5. The number of imidazole rings is 1. The molecule has 0 radical (unpaired) electrons. The zero-order valence-corrected chi connectivity index (χ0v) is 12.5. The van der Waals surface area contributed by atoms with Gasteiger partial charge in [0.05, 0.1) is 18.9 Å². The van der Waals surface area contributed by atoms with Gasteiger partial charge in [0.15, 0.2) is 0 Å². The van der Waals surface area contributed by atoms with Crippen molar-refractivity contribution in [2.45, 2.75) is 39.8 Å². The molecule has 2 heterocycles. The number of anilines is 1. The van der Waals surface area contributed by atoms with Crippen molar-refractivity contribution >= 4 is 5.95 Å². The zero-order chi connectivity index (χ0) is 13.8. The number of aromatic nitrogens is 2. The van der Waals surface area contributed by atoms with E-state index in [1.165, 1.54) is 0 Å². The molecule has 5 nitrogen and oxygen atoms in total. The van der Waals surface area contributed by atoms with Gasteiger partial charge in [0.25, 0.3) is 0 Å². The third-order valence-electron chi connectivity index (χ3n) is 3.42. The average Bonchev–Trinajstić information content (AvgIpc) is 2.71. The molecule has 1 saturated heterocycles. The van der Waals surface area contributed by atoms with Crippen LogP contribution < -0.4 is 5.32 Å². The van der Waals surface area contributed by atoms with Crippen LogP contribution in [0.1, 0.15) is 32.5 Å². The fourth-order valence-electron chi connectivity index (χ4n) is 2.45. The molecule has 1 fully saturated rings. The molecule has 0 aliphatic carbocycles. The highest BCUT2D eigenvalue weighted by Gasteiger charge is 2.16. The van der Waals surface area contributed by atoms with Gasteiger partial charge in [0.1, 0.15) is 0 Å². The highest BCUT2D eigenvalue weighted by atomic mass is 16.5. The van der Waals surface area contributed by atoms with Gasteiger partial charge in [-0.15, -0.1) is 0 Å². The van der Waals surface area contributed by atoms with E-state index in [-0.39, 0.29) is 0 Å². The molecule has 108 valence electrons. The molecule has 1 N–H and O–H groups in total. The maximum Gasteiger partial charge on any atom is 0.203 e. The molecule has 2 rings (SSSR count). The quantitative estimate of drug-likeness (QED) is 0.884. The second-order valence-electron chi connectivity index (χ2n) is 5.67. The average molecular weight is 266 g/mol. The Bertz CT molecular complexity index is 396. The van der Waals surface area contributed by atoms with Crippen molar-refractivity contribution < 1.29 is 4.74 Å². The van der Waals surface area contributed by atoms with E-state index < -0.39 is 0 Å². The Balaban J connectivity index is 1.92. The van der Waals surface area contributed by atoms with Gasteiger partial charge in [-0.25, -0.2) is 4.98 Å². The minimum absolute atomic E-state index is 0.386. The number of nitrogens with zero attached hydrogens (tertiary/aromatic N) is 3. The molecule has 1 unspecified atom stereocenters. The lowest BCUT2D eigenvalue weighted by Crippen LogP contribution is -2.42. The summed E-state index contributed by atoms with van der Waals surface area (Å²) < 4.78 is 7.57. The molecule has 1 aliphatic rings. The van der Waals surface area contributed by atoms with Crippen LogP contribution in [0.4, 0.5) is 5.95 Å². The van der Waals surface area contributed by atoms with Gasteiger partial charge in [0.2, 0.25) is 5.95 Å². The van der Waals surface area contributed by atoms with Crippen LogP contribution in [0.5, 0.6) is 0 Å². The van der Waals surface area contributed by atoms with E-state index in [4.69, 9.17) is 4.74 Å². The topological polar surface area (TPSA) is 42.3 Å². The predicted octanol–water partition coefficient (Wildman–Crippen LogP) is 1.91. The molecule has 1 atom stereocenters. The van der Waals surface area contributed by atoms with Gasteiger partial charge in [-0.3, -0.25) is 4.90 Å². The summed E-state index contributed by atoms with van der Waals surface area (Å²) in [7, 11) is 0.